The summed E-state index contributed by atoms with van der Waals surface area (Å²) in [4.78, 5) is 22.3. The molecule has 0 bridgehead atoms. The number of hydrogen-bond acceptors (Lipinski definition) is 10. The number of nitrogens with two attached hydrogens (primary N) is 1. The summed E-state index contributed by atoms with van der Waals surface area (Å²) in [5.74, 6) is -0.277. The number of nitrogens with one attached hydrogen (secondary N) is 1. The molecule has 1 aliphatic carbocycles. The quantitative estimate of drug-likeness (QED) is 0.372. The lowest BCUT2D eigenvalue weighted by Gasteiger charge is -2.25. The molecule has 5 rings (SSSR count). The van der Waals surface area contributed by atoms with Gasteiger partial charge in [-0.05, 0) is 47.4 Å². The van der Waals surface area contributed by atoms with Crippen LogP contribution in [0.25, 0.3) is 0 Å². The van der Waals surface area contributed by atoms with Gasteiger partial charge in [-0.1, -0.05) is 24.3 Å². The minimum Gasteiger partial charge on any atom is -0.393 e. The molecule has 0 radical (unpaired) electrons. The van der Waals surface area contributed by atoms with Crippen molar-refractivity contribution in [2.75, 3.05) is 18.5 Å². The highest BCUT2D eigenvalue weighted by Gasteiger charge is 2.35. The van der Waals surface area contributed by atoms with Gasteiger partial charge in [0.15, 0.2) is 0 Å². The second-order valence-corrected chi connectivity index (χ2v) is 11.1. The summed E-state index contributed by atoms with van der Waals surface area (Å²) in [7, 11) is -4.09. The SMILES string of the molecule is NS(=O)(=O)OC[C@H]1C[C@@H](Nc2ncncc2C(=O)c2cc(C3OCCc4ccccc43)cs2)C[C@@H]1O. The van der Waals surface area contributed by atoms with Gasteiger partial charge in [0, 0.05) is 18.2 Å². The van der Waals surface area contributed by atoms with Crippen LogP contribution in [-0.4, -0.2) is 54.6 Å². The maximum atomic E-state index is 13.4. The largest absolute Gasteiger partial charge is 0.393 e. The molecule has 36 heavy (non-hydrogen) atoms. The molecule has 3 heterocycles. The van der Waals surface area contributed by atoms with Crippen LogP contribution in [0.3, 0.4) is 0 Å². The first-order chi connectivity index (χ1) is 17.3. The van der Waals surface area contributed by atoms with Crippen LogP contribution in [0, 0.1) is 5.92 Å². The predicted octanol–water partition coefficient (Wildman–Crippen LogP) is 2.20. The van der Waals surface area contributed by atoms with Crippen molar-refractivity contribution < 1.29 is 27.2 Å². The molecule has 0 amide bonds. The van der Waals surface area contributed by atoms with Gasteiger partial charge in [-0.15, -0.1) is 11.3 Å². The Hall–Kier alpha value is -2.74. The van der Waals surface area contributed by atoms with Gasteiger partial charge in [-0.3, -0.25) is 8.98 Å². The van der Waals surface area contributed by atoms with Gasteiger partial charge < -0.3 is 15.2 Å². The standard InChI is InChI=1S/C24H26N4O6S2/c25-36(31,32)34-11-15-7-17(9-20(15)29)28-24-19(10-26-13-27-24)22(30)21-8-16(12-35-21)23-18-4-2-1-3-14(18)5-6-33-23/h1-4,8,10,12-13,15,17,20,23,29H,5-7,9,11H2,(H2,25,31,32)(H,26,27,28)/t15-,17-,20+,23?/m1/s1. The van der Waals surface area contributed by atoms with Crippen LogP contribution in [0.4, 0.5) is 5.82 Å². The van der Waals surface area contributed by atoms with Crippen molar-refractivity contribution in [3.63, 3.8) is 0 Å². The van der Waals surface area contributed by atoms with Gasteiger partial charge in [0.25, 0.3) is 0 Å². The lowest BCUT2D eigenvalue weighted by atomic mass is 9.94. The fourth-order valence-corrected chi connectivity index (χ4v) is 6.04. The van der Waals surface area contributed by atoms with Gasteiger partial charge in [-0.25, -0.2) is 15.1 Å². The molecule has 12 heteroatoms. The summed E-state index contributed by atoms with van der Waals surface area (Å²) in [6.07, 6.45) is 3.46. The molecular formula is C24H26N4O6S2. The number of benzene rings is 1. The number of hydrogen-bond donors (Lipinski definition) is 3. The van der Waals surface area contributed by atoms with E-state index >= 15 is 0 Å². The van der Waals surface area contributed by atoms with Crippen molar-refractivity contribution >= 4 is 33.2 Å². The molecule has 2 aliphatic rings. The van der Waals surface area contributed by atoms with Crippen molar-refractivity contribution in [2.24, 2.45) is 11.1 Å². The molecule has 1 fully saturated rings. The zero-order valence-electron chi connectivity index (χ0n) is 19.2. The number of rotatable bonds is 8. The molecule has 1 aliphatic heterocycles. The molecule has 1 unspecified atom stereocenters. The number of ketones is 1. The maximum Gasteiger partial charge on any atom is 0.333 e. The predicted molar refractivity (Wildman–Crippen MR) is 133 cm³/mol. The van der Waals surface area contributed by atoms with Gasteiger partial charge in [-0.2, -0.15) is 8.42 Å². The Bertz CT molecular complexity index is 1360. The molecule has 4 atom stereocenters. The lowest BCUT2D eigenvalue weighted by Crippen LogP contribution is -2.24. The summed E-state index contributed by atoms with van der Waals surface area (Å²) in [5.41, 5.74) is 3.61. The van der Waals surface area contributed by atoms with Gasteiger partial charge in [0.2, 0.25) is 5.78 Å². The average Bonchev–Trinajstić information content (AvgIpc) is 3.48. The molecule has 10 nitrogen and oxygen atoms in total. The zero-order chi connectivity index (χ0) is 25.3. The van der Waals surface area contributed by atoms with E-state index in [0.29, 0.717) is 35.7 Å². The number of aliphatic hydroxyl groups is 1. The number of fused-ring (bicyclic) bond motifs is 1. The zero-order valence-corrected chi connectivity index (χ0v) is 20.9. The number of aromatic nitrogens is 2. The Morgan fingerprint density at radius 1 is 1.31 bits per heavy atom. The Morgan fingerprint density at radius 2 is 2.14 bits per heavy atom. The number of aliphatic hydroxyl groups excluding tert-OH is 1. The third-order valence-electron chi connectivity index (χ3n) is 6.54. The van der Waals surface area contributed by atoms with E-state index in [9.17, 15) is 18.3 Å². The second kappa shape index (κ2) is 10.3. The minimum absolute atomic E-state index is 0.210. The van der Waals surface area contributed by atoms with E-state index in [-0.39, 0.29) is 24.5 Å². The number of thiophene rings is 1. The van der Waals surface area contributed by atoms with Crippen LogP contribution < -0.4 is 10.5 Å². The first kappa shape index (κ1) is 24.9. The molecule has 190 valence electrons. The first-order valence-electron chi connectivity index (χ1n) is 11.5. The van der Waals surface area contributed by atoms with Crippen molar-refractivity contribution in [3.05, 3.63) is 75.4 Å². The van der Waals surface area contributed by atoms with Crippen LogP contribution in [0.1, 0.15) is 50.9 Å². The van der Waals surface area contributed by atoms with Crippen molar-refractivity contribution in [1.82, 2.24) is 9.97 Å². The summed E-state index contributed by atoms with van der Waals surface area (Å²) in [5, 5.41) is 20.4. The molecule has 0 spiro atoms. The second-order valence-electron chi connectivity index (χ2n) is 8.98. The van der Waals surface area contributed by atoms with E-state index in [0.717, 1.165) is 17.5 Å². The molecule has 4 N–H and O–H groups in total. The molecular weight excluding hydrogens is 504 g/mol. The molecule has 1 aromatic carbocycles. The molecule has 0 saturated heterocycles. The maximum absolute atomic E-state index is 13.4. The fourth-order valence-electron chi connectivity index (χ4n) is 4.80. The highest BCUT2D eigenvalue weighted by atomic mass is 32.2. The van der Waals surface area contributed by atoms with E-state index in [4.69, 9.17) is 9.88 Å². The van der Waals surface area contributed by atoms with Crippen LogP contribution in [0.15, 0.2) is 48.2 Å². The van der Waals surface area contributed by atoms with Gasteiger partial charge in [0.1, 0.15) is 18.2 Å². The number of anilines is 1. The smallest absolute Gasteiger partial charge is 0.333 e. The Morgan fingerprint density at radius 3 is 2.97 bits per heavy atom. The van der Waals surface area contributed by atoms with Crippen molar-refractivity contribution in [3.8, 4) is 0 Å². The highest BCUT2D eigenvalue weighted by molar-refractivity contribution is 7.84. The summed E-state index contributed by atoms with van der Waals surface area (Å²) in [6, 6.07) is 9.80. The minimum atomic E-state index is -4.09. The number of carbonyl (C=O) groups excluding carboxylic acids is 1. The monoisotopic (exact) mass is 530 g/mol. The van der Waals surface area contributed by atoms with E-state index < -0.39 is 22.3 Å². The van der Waals surface area contributed by atoms with Crippen molar-refractivity contribution in [2.45, 2.75) is 37.5 Å². The highest BCUT2D eigenvalue weighted by Crippen LogP contribution is 2.36. The Balaban J connectivity index is 1.31. The number of nitrogens with zero attached hydrogens (tertiary/aromatic N) is 2. The fraction of sp³-hybridized carbons (Fsp3) is 0.375. The Kier molecular flexibility index (Phi) is 7.15. The average molecular weight is 531 g/mol. The van der Waals surface area contributed by atoms with E-state index in [1.807, 2.05) is 23.6 Å². The number of ether oxygens (including phenoxy) is 1. The number of carbonyl (C=O) groups is 1. The van der Waals surface area contributed by atoms with Crippen LogP contribution in [0.5, 0.6) is 0 Å². The van der Waals surface area contributed by atoms with Crippen LogP contribution in [-0.2, 0) is 25.6 Å². The van der Waals surface area contributed by atoms with Crippen LogP contribution in [0.2, 0.25) is 0 Å². The van der Waals surface area contributed by atoms with Gasteiger partial charge in [0.05, 0.1) is 29.8 Å². The third-order valence-corrected chi connectivity index (χ3v) is 7.95. The lowest BCUT2D eigenvalue weighted by molar-refractivity contribution is 0.0701. The van der Waals surface area contributed by atoms with Gasteiger partial charge >= 0.3 is 10.3 Å². The molecule has 3 aromatic rings. The molecule has 1 saturated carbocycles. The third kappa shape index (κ3) is 5.48. The van der Waals surface area contributed by atoms with Crippen molar-refractivity contribution in [1.29, 1.82) is 0 Å². The summed E-state index contributed by atoms with van der Waals surface area (Å²) < 4.78 is 32.9. The van der Waals surface area contributed by atoms with E-state index in [1.54, 1.807) is 0 Å². The summed E-state index contributed by atoms with van der Waals surface area (Å²) in [6.45, 7) is 0.413. The van der Waals surface area contributed by atoms with E-state index in [2.05, 4.69) is 31.6 Å². The summed E-state index contributed by atoms with van der Waals surface area (Å²) >= 11 is 1.34. The van der Waals surface area contributed by atoms with Crippen LogP contribution >= 0.6 is 11.3 Å². The first-order valence-corrected chi connectivity index (χ1v) is 13.9. The van der Waals surface area contributed by atoms with E-state index in [1.165, 1.54) is 29.4 Å². The topological polar surface area (TPSA) is 154 Å². The molecule has 2 aromatic heterocycles. The normalized spacial score (nSPS) is 23.8. The Labute approximate surface area is 212 Å².